The molecule has 1 aromatic heterocycles. The van der Waals surface area contributed by atoms with Crippen LogP contribution < -0.4 is 10.6 Å². The first kappa shape index (κ1) is 15.5. The summed E-state index contributed by atoms with van der Waals surface area (Å²) in [6, 6.07) is 10.6. The van der Waals surface area contributed by atoms with Gasteiger partial charge in [-0.15, -0.1) is 23.7 Å². The third-order valence-electron chi connectivity index (χ3n) is 4.38. The lowest BCUT2D eigenvalue weighted by Crippen LogP contribution is -2.48. The second kappa shape index (κ2) is 6.41. The molecule has 116 valence electrons. The molecule has 3 nitrogen and oxygen atoms in total. The maximum atomic E-state index is 12.3. The van der Waals surface area contributed by atoms with E-state index in [1.807, 2.05) is 0 Å². The van der Waals surface area contributed by atoms with Crippen LogP contribution in [0.4, 0.5) is 0 Å². The maximum Gasteiger partial charge on any atom is 0.261 e. The summed E-state index contributed by atoms with van der Waals surface area (Å²) in [5.74, 6) is 0.683. The Morgan fingerprint density at radius 2 is 2.00 bits per heavy atom. The van der Waals surface area contributed by atoms with Crippen LogP contribution in [0, 0.1) is 5.92 Å². The van der Waals surface area contributed by atoms with Gasteiger partial charge in [0.25, 0.3) is 5.91 Å². The van der Waals surface area contributed by atoms with Gasteiger partial charge in [0, 0.05) is 30.4 Å². The van der Waals surface area contributed by atoms with Crippen molar-refractivity contribution in [3.63, 3.8) is 0 Å². The van der Waals surface area contributed by atoms with Crippen molar-refractivity contribution in [1.29, 1.82) is 0 Å². The fourth-order valence-electron chi connectivity index (χ4n) is 3.00. The number of fused-ring (bicyclic) bond motifs is 3. The van der Waals surface area contributed by atoms with Gasteiger partial charge in [-0.1, -0.05) is 24.3 Å². The lowest BCUT2D eigenvalue weighted by atomic mass is 9.91. The third kappa shape index (κ3) is 2.78. The highest BCUT2D eigenvalue weighted by atomic mass is 35.5. The average molecular weight is 335 g/mol. The van der Waals surface area contributed by atoms with Crippen LogP contribution in [-0.2, 0) is 12.8 Å². The molecule has 0 bridgehead atoms. The number of rotatable bonds is 3. The Labute approximate surface area is 140 Å². The minimum Gasteiger partial charge on any atom is -0.351 e. The number of hydrogen-bond acceptors (Lipinski definition) is 3. The molecule has 2 N–H and O–H groups in total. The van der Waals surface area contributed by atoms with Gasteiger partial charge >= 0.3 is 0 Å². The minimum atomic E-state index is 0. The first-order valence-corrected chi connectivity index (χ1v) is 8.33. The first-order chi connectivity index (χ1) is 10.3. The van der Waals surface area contributed by atoms with E-state index < -0.39 is 0 Å². The van der Waals surface area contributed by atoms with Crippen molar-refractivity contribution >= 4 is 29.7 Å². The van der Waals surface area contributed by atoms with Crippen molar-refractivity contribution in [1.82, 2.24) is 10.6 Å². The van der Waals surface area contributed by atoms with Crippen LogP contribution in [-0.4, -0.2) is 25.5 Å². The Balaban J connectivity index is 0.00000144. The molecule has 0 unspecified atom stereocenters. The Hall–Kier alpha value is -1.36. The lowest BCUT2D eigenvalue weighted by molar-refractivity contribution is 0.0946. The van der Waals surface area contributed by atoms with Crippen molar-refractivity contribution < 1.29 is 4.79 Å². The summed E-state index contributed by atoms with van der Waals surface area (Å²) >= 11 is 1.64. The summed E-state index contributed by atoms with van der Waals surface area (Å²) in [5.41, 5.74) is 4.04. The number of carbonyl (C=O) groups excluding carboxylic acids is 1. The highest BCUT2D eigenvalue weighted by molar-refractivity contribution is 7.17. The topological polar surface area (TPSA) is 41.1 Å². The van der Waals surface area contributed by atoms with Crippen LogP contribution in [0.15, 0.2) is 30.3 Å². The molecule has 1 saturated heterocycles. The van der Waals surface area contributed by atoms with Crippen molar-refractivity contribution in [3.8, 4) is 10.4 Å². The molecule has 2 aromatic rings. The van der Waals surface area contributed by atoms with Crippen molar-refractivity contribution in [2.24, 2.45) is 5.92 Å². The molecule has 1 aliphatic carbocycles. The van der Waals surface area contributed by atoms with Gasteiger partial charge in [-0.2, -0.15) is 0 Å². The van der Waals surface area contributed by atoms with Gasteiger partial charge in [0.05, 0.1) is 4.88 Å². The molecule has 1 aliphatic heterocycles. The van der Waals surface area contributed by atoms with Crippen LogP contribution >= 0.6 is 23.7 Å². The van der Waals surface area contributed by atoms with Crippen LogP contribution in [0.5, 0.6) is 0 Å². The van der Waals surface area contributed by atoms with E-state index in [1.165, 1.54) is 21.6 Å². The van der Waals surface area contributed by atoms with Gasteiger partial charge in [0.2, 0.25) is 0 Å². The van der Waals surface area contributed by atoms with E-state index in [0.29, 0.717) is 5.92 Å². The van der Waals surface area contributed by atoms with Crippen LogP contribution in [0.1, 0.15) is 20.8 Å². The summed E-state index contributed by atoms with van der Waals surface area (Å²) in [4.78, 5) is 14.4. The highest BCUT2D eigenvalue weighted by Crippen LogP contribution is 2.39. The highest BCUT2D eigenvalue weighted by Gasteiger charge is 2.22. The predicted molar refractivity (Wildman–Crippen MR) is 93.1 cm³/mol. The molecule has 1 fully saturated rings. The predicted octanol–water partition coefficient (Wildman–Crippen LogP) is 2.88. The fourth-order valence-corrected chi connectivity index (χ4v) is 4.19. The quantitative estimate of drug-likeness (QED) is 0.906. The second-order valence-electron chi connectivity index (χ2n) is 5.86. The lowest BCUT2D eigenvalue weighted by Gasteiger charge is -2.26. The van der Waals surface area contributed by atoms with E-state index in [0.717, 1.165) is 37.4 Å². The number of halogens is 1. The molecule has 2 aliphatic rings. The molecule has 22 heavy (non-hydrogen) atoms. The molecule has 4 rings (SSSR count). The standard InChI is InChI=1S/C17H18N2OS.ClH/c20-17(19-10-11-8-18-9-11)15-7-13-6-5-12-3-1-2-4-14(12)16(13)21-15;/h1-4,7,11,18H,5-6,8-10H2,(H,19,20);1H. The summed E-state index contributed by atoms with van der Waals surface area (Å²) in [6.45, 7) is 2.83. The molecule has 0 radical (unpaired) electrons. The van der Waals surface area contributed by atoms with Gasteiger partial charge in [-0.05, 0) is 35.6 Å². The number of amides is 1. The zero-order valence-electron chi connectivity index (χ0n) is 12.2. The zero-order chi connectivity index (χ0) is 14.2. The van der Waals surface area contributed by atoms with Crippen LogP contribution in [0.25, 0.3) is 10.4 Å². The number of benzene rings is 1. The fraction of sp³-hybridized carbons (Fsp3) is 0.353. The second-order valence-corrected chi connectivity index (χ2v) is 6.91. The van der Waals surface area contributed by atoms with Gasteiger partial charge in [-0.3, -0.25) is 4.79 Å². The van der Waals surface area contributed by atoms with Crippen LogP contribution in [0.3, 0.4) is 0 Å². The van der Waals surface area contributed by atoms with Crippen molar-refractivity contribution in [3.05, 3.63) is 46.3 Å². The average Bonchev–Trinajstić information content (AvgIpc) is 2.90. The van der Waals surface area contributed by atoms with Gasteiger partial charge in [0.1, 0.15) is 0 Å². The number of hydrogen-bond donors (Lipinski definition) is 2. The molecule has 2 heterocycles. The summed E-state index contributed by atoms with van der Waals surface area (Å²) in [5, 5.41) is 6.29. The van der Waals surface area contributed by atoms with Gasteiger partial charge in [-0.25, -0.2) is 0 Å². The van der Waals surface area contributed by atoms with E-state index in [2.05, 4.69) is 41.0 Å². The number of aryl methyl sites for hydroxylation is 2. The zero-order valence-corrected chi connectivity index (χ0v) is 13.9. The monoisotopic (exact) mass is 334 g/mol. The molecule has 1 aromatic carbocycles. The third-order valence-corrected chi connectivity index (χ3v) is 5.59. The summed E-state index contributed by atoms with van der Waals surface area (Å²) in [7, 11) is 0. The molecule has 5 heteroatoms. The molecule has 0 saturated carbocycles. The minimum absolute atomic E-state index is 0. The van der Waals surface area contributed by atoms with E-state index in [1.54, 1.807) is 11.3 Å². The van der Waals surface area contributed by atoms with E-state index in [-0.39, 0.29) is 18.3 Å². The SMILES string of the molecule is Cl.O=C(NCC1CNC1)c1cc2c(s1)-c1ccccc1CC2. The normalized spacial score (nSPS) is 16.0. The van der Waals surface area contributed by atoms with E-state index in [9.17, 15) is 4.79 Å². The van der Waals surface area contributed by atoms with E-state index in [4.69, 9.17) is 0 Å². The molecule has 1 amide bonds. The molecule has 0 atom stereocenters. The maximum absolute atomic E-state index is 12.3. The number of carbonyl (C=O) groups is 1. The molecular weight excluding hydrogens is 316 g/mol. The number of nitrogens with one attached hydrogen (secondary N) is 2. The van der Waals surface area contributed by atoms with Crippen LogP contribution in [0.2, 0.25) is 0 Å². The Morgan fingerprint density at radius 3 is 2.77 bits per heavy atom. The van der Waals surface area contributed by atoms with Gasteiger partial charge < -0.3 is 10.6 Å². The number of thiophene rings is 1. The van der Waals surface area contributed by atoms with Gasteiger partial charge in [0.15, 0.2) is 0 Å². The Kier molecular flexibility index (Phi) is 4.52. The molecular formula is C17H19ClN2OS. The largest absolute Gasteiger partial charge is 0.351 e. The smallest absolute Gasteiger partial charge is 0.261 e. The molecule has 0 spiro atoms. The summed E-state index contributed by atoms with van der Waals surface area (Å²) in [6.07, 6.45) is 2.12. The summed E-state index contributed by atoms with van der Waals surface area (Å²) < 4.78 is 0. The Morgan fingerprint density at radius 1 is 1.23 bits per heavy atom. The van der Waals surface area contributed by atoms with Crippen molar-refractivity contribution in [2.45, 2.75) is 12.8 Å². The Bertz CT molecular complexity index is 694. The first-order valence-electron chi connectivity index (χ1n) is 7.51. The van der Waals surface area contributed by atoms with E-state index >= 15 is 0 Å². The van der Waals surface area contributed by atoms with Crippen molar-refractivity contribution in [2.75, 3.05) is 19.6 Å².